The number of hydrogen-bond acceptors (Lipinski definition) is 4. The van der Waals surface area contributed by atoms with Crippen molar-refractivity contribution < 1.29 is 14.3 Å². The summed E-state index contributed by atoms with van der Waals surface area (Å²) in [6, 6.07) is 17.5. The van der Waals surface area contributed by atoms with Gasteiger partial charge in [0.05, 0.1) is 11.6 Å². The maximum absolute atomic E-state index is 12.2. The summed E-state index contributed by atoms with van der Waals surface area (Å²) in [5.41, 5.74) is 3.81. The second kappa shape index (κ2) is 9.64. The summed E-state index contributed by atoms with van der Waals surface area (Å²) >= 11 is 0. The van der Waals surface area contributed by atoms with Crippen LogP contribution in [0.5, 0.6) is 0 Å². The third kappa shape index (κ3) is 5.51. The fourth-order valence-corrected chi connectivity index (χ4v) is 3.06. The van der Waals surface area contributed by atoms with E-state index in [-0.39, 0.29) is 18.6 Å². The highest BCUT2D eigenvalue weighted by atomic mass is 16.5. The second-order valence-corrected chi connectivity index (χ2v) is 6.80. The summed E-state index contributed by atoms with van der Waals surface area (Å²) in [5.74, 6) is -0.900. The average Bonchev–Trinajstić information content (AvgIpc) is 2.75. The minimum Gasteiger partial charge on any atom is -0.452 e. The summed E-state index contributed by atoms with van der Waals surface area (Å²) in [5, 5.41) is 3.90. The molecule has 1 amide bonds. The summed E-state index contributed by atoms with van der Waals surface area (Å²) in [4.78, 5) is 28.5. The van der Waals surface area contributed by atoms with Gasteiger partial charge in [0.15, 0.2) is 6.61 Å². The third-order valence-corrected chi connectivity index (χ3v) is 4.63. The van der Waals surface area contributed by atoms with Gasteiger partial charge in [0.25, 0.3) is 5.91 Å². The van der Waals surface area contributed by atoms with Crippen molar-refractivity contribution in [1.82, 2.24) is 10.3 Å². The van der Waals surface area contributed by atoms with Gasteiger partial charge in [0.1, 0.15) is 0 Å². The van der Waals surface area contributed by atoms with Gasteiger partial charge in [-0.05, 0) is 31.1 Å². The zero-order chi connectivity index (χ0) is 20.6. The Hall–Kier alpha value is -3.47. The van der Waals surface area contributed by atoms with E-state index in [2.05, 4.69) is 10.3 Å². The molecular weight excluding hydrogens is 364 g/mol. The zero-order valence-electron chi connectivity index (χ0n) is 16.6. The van der Waals surface area contributed by atoms with Crippen molar-refractivity contribution in [2.24, 2.45) is 0 Å². The largest absolute Gasteiger partial charge is 0.452 e. The average molecular weight is 388 g/mol. The number of nitrogens with one attached hydrogen (secondary N) is 1. The lowest BCUT2D eigenvalue weighted by atomic mass is 10.0. The molecule has 29 heavy (non-hydrogen) atoms. The highest BCUT2D eigenvalue weighted by molar-refractivity contribution is 5.93. The quantitative estimate of drug-likeness (QED) is 0.482. The lowest BCUT2D eigenvalue weighted by molar-refractivity contribution is -0.144. The minimum absolute atomic E-state index is 0.112. The van der Waals surface area contributed by atoms with E-state index in [1.807, 2.05) is 68.4 Å². The zero-order valence-corrected chi connectivity index (χ0v) is 16.6. The van der Waals surface area contributed by atoms with Crippen LogP contribution < -0.4 is 5.32 Å². The van der Waals surface area contributed by atoms with Crippen LogP contribution in [-0.2, 0) is 14.3 Å². The molecule has 5 nitrogen and oxygen atoms in total. The van der Waals surface area contributed by atoms with Crippen LogP contribution in [0.1, 0.15) is 36.1 Å². The number of benzene rings is 2. The standard InChI is InChI=1S/C24H24N2O3/c1-3-21(18-11-9-17(2)10-12-18)26-22(27)16-29-23(28)14-13-20-7-4-6-19-8-5-15-25-24(19)20/h4-15,21H,3,16H2,1-2H3,(H,26,27)/b14-13+. The first kappa shape index (κ1) is 20.3. The lowest BCUT2D eigenvalue weighted by Gasteiger charge is -2.17. The Labute approximate surface area is 170 Å². The van der Waals surface area contributed by atoms with E-state index in [0.717, 1.165) is 34.0 Å². The van der Waals surface area contributed by atoms with Gasteiger partial charge >= 0.3 is 5.97 Å². The number of fused-ring (bicyclic) bond motifs is 1. The number of rotatable bonds is 7. The Morgan fingerprint density at radius 2 is 1.86 bits per heavy atom. The van der Waals surface area contributed by atoms with Gasteiger partial charge in [-0.3, -0.25) is 9.78 Å². The molecule has 0 saturated heterocycles. The summed E-state index contributed by atoms with van der Waals surface area (Å²) in [6.45, 7) is 3.70. The van der Waals surface area contributed by atoms with E-state index in [1.165, 1.54) is 6.08 Å². The van der Waals surface area contributed by atoms with E-state index in [1.54, 1.807) is 12.3 Å². The number of para-hydroxylation sites is 1. The number of aromatic nitrogens is 1. The van der Waals surface area contributed by atoms with Crippen LogP contribution in [0.25, 0.3) is 17.0 Å². The number of hydrogen-bond donors (Lipinski definition) is 1. The molecule has 2 aromatic carbocycles. The molecule has 0 radical (unpaired) electrons. The van der Waals surface area contributed by atoms with Crippen LogP contribution in [0.4, 0.5) is 0 Å². The first-order valence-corrected chi connectivity index (χ1v) is 9.61. The van der Waals surface area contributed by atoms with Crippen LogP contribution >= 0.6 is 0 Å². The van der Waals surface area contributed by atoms with Crippen molar-refractivity contribution in [3.8, 4) is 0 Å². The molecule has 0 fully saturated rings. The molecule has 1 atom stereocenters. The van der Waals surface area contributed by atoms with E-state index in [4.69, 9.17) is 4.74 Å². The molecule has 0 bridgehead atoms. The molecule has 1 heterocycles. The smallest absolute Gasteiger partial charge is 0.331 e. The second-order valence-electron chi connectivity index (χ2n) is 6.80. The van der Waals surface area contributed by atoms with Crippen molar-refractivity contribution in [2.75, 3.05) is 6.61 Å². The van der Waals surface area contributed by atoms with Crippen LogP contribution in [0.3, 0.4) is 0 Å². The highest BCUT2D eigenvalue weighted by Crippen LogP contribution is 2.18. The highest BCUT2D eigenvalue weighted by Gasteiger charge is 2.13. The van der Waals surface area contributed by atoms with Gasteiger partial charge in [-0.1, -0.05) is 61.0 Å². The fourth-order valence-electron chi connectivity index (χ4n) is 3.06. The van der Waals surface area contributed by atoms with Crippen molar-refractivity contribution in [3.63, 3.8) is 0 Å². The van der Waals surface area contributed by atoms with Gasteiger partial charge < -0.3 is 10.1 Å². The molecule has 0 aliphatic carbocycles. The molecule has 0 spiro atoms. The van der Waals surface area contributed by atoms with Crippen molar-refractivity contribution in [3.05, 3.63) is 83.6 Å². The van der Waals surface area contributed by atoms with Crippen molar-refractivity contribution in [2.45, 2.75) is 26.3 Å². The first-order chi connectivity index (χ1) is 14.1. The summed E-state index contributed by atoms with van der Waals surface area (Å²) < 4.78 is 5.08. The number of esters is 1. The van der Waals surface area contributed by atoms with Crippen molar-refractivity contribution in [1.29, 1.82) is 0 Å². The molecule has 3 aromatic rings. The van der Waals surface area contributed by atoms with E-state index < -0.39 is 5.97 Å². The van der Waals surface area contributed by atoms with Gasteiger partial charge in [0.2, 0.25) is 0 Å². The van der Waals surface area contributed by atoms with Gasteiger partial charge in [-0.2, -0.15) is 0 Å². The molecule has 0 aliphatic rings. The molecule has 3 rings (SSSR count). The Morgan fingerprint density at radius 3 is 2.62 bits per heavy atom. The van der Waals surface area contributed by atoms with Gasteiger partial charge in [-0.15, -0.1) is 0 Å². The van der Waals surface area contributed by atoms with E-state index in [0.29, 0.717) is 0 Å². The Balaban J connectivity index is 1.55. The molecule has 1 unspecified atom stereocenters. The number of carbonyl (C=O) groups excluding carboxylic acids is 2. The molecule has 0 aliphatic heterocycles. The molecule has 148 valence electrons. The maximum atomic E-state index is 12.2. The Morgan fingerprint density at radius 1 is 1.10 bits per heavy atom. The number of amides is 1. The van der Waals surface area contributed by atoms with Crippen LogP contribution in [-0.4, -0.2) is 23.5 Å². The predicted molar refractivity (Wildman–Crippen MR) is 114 cm³/mol. The molecule has 1 aromatic heterocycles. The third-order valence-electron chi connectivity index (χ3n) is 4.63. The first-order valence-electron chi connectivity index (χ1n) is 9.61. The SMILES string of the molecule is CCC(NC(=O)COC(=O)/C=C/c1cccc2cccnc12)c1ccc(C)cc1. The summed E-state index contributed by atoms with van der Waals surface area (Å²) in [7, 11) is 0. The number of aryl methyl sites for hydroxylation is 1. The van der Waals surface area contributed by atoms with Crippen LogP contribution in [0.2, 0.25) is 0 Å². The molecular formula is C24H24N2O3. The van der Waals surface area contributed by atoms with Gasteiger partial charge in [-0.25, -0.2) is 4.79 Å². The van der Waals surface area contributed by atoms with E-state index >= 15 is 0 Å². The summed E-state index contributed by atoms with van der Waals surface area (Å²) in [6.07, 6.45) is 5.42. The molecule has 0 saturated carbocycles. The number of carbonyl (C=O) groups is 2. The lowest BCUT2D eigenvalue weighted by Crippen LogP contribution is -2.32. The molecule has 5 heteroatoms. The Bertz CT molecular complexity index is 1020. The van der Waals surface area contributed by atoms with Crippen molar-refractivity contribution >= 4 is 28.9 Å². The minimum atomic E-state index is -0.573. The predicted octanol–water partition coefficient (Wildman–Crippen LogP) is 4.37. The Kier molecular flexibility index (Phi) is 6.74. The normalized spacial score (nSPS) is 12.1. The fraction of sp³-hybridized carbons (Fsp3) is 0.208. The number of nitrogens with zero attached hydrogens (tertiary/aromatic N) is 1. The van der Waals surface area contributed by atoms with E-state index in [9.17, 15) is 9.59 Å². The molecule has 1 N–H and O–H groups in total. The van der Waals surface area contributed by atoms with Crippen LogP contribution in [0, 0.1) is 6.92 Å². The van der Waals surface area contributed by atoms with Gasteiger partial charge in [0, 0.05) is 23.2 Å². The monoisotopic (exact) mass is 388 g/mol. The number of pyridine rings is 1. The number of ether oxygens (including phenoxy) is 1. The van der Waals surface area contributed by atoms with Crippen LogP contribution in [0.15, 0.2) is 66.9 Å². The maximum Gasteiger partial charge on any atom is 0.331 e. The topological polar surface area (TPSA) is 68.3 Å².